The standard InChI is InChI=1S/C17H16N4O2/c22-17(16-5-2-10-23-16)20-14-3-1-4-15-13(14)11-19-21(15)12-6-8-18-9-7-12/h2,5-11,14H,1,3-4H2,(H,20,22)/t14-/m1/s1. The lowest BCUT2D eigenvalue weighted by Crippen LogP contribution is -2.30. The third kappa shape index (κ3) is 2.52. The molecule has 6 heteroatoms. The average molecular weight is 308 g/mol. The Labute approximate surface area is 133 Å². The highest BCUT2D eigenvalue weighted by Crippen LogP contribution is 2.31. The van der Waals surface area contributed by atoms with Gasteiger partial charge in [-0.3, -0.25) is 9.78 Å². The zero-order valence-corrected chi connectivity index (χ0v) is 12.5. The van der Waals surface area contributed by atoms with Crippen molar-refractivity contribution in [1.29, 1.82) is 0 Å². The summed E-state index contributed by atoms with van der Waals surface area (Å²) in [5, 5.41) is 7.55. The number of aromatic nitrogens is 3. The van der Waals surface area contributed by atoms with Crippen molar-refractivity contribution in [3.63, 3.8) is 0 Å². The number of nitrogens with zero attached hydrogens (tertiary/aromatic N) is 3. The van der Waals surface area contributed by atoms with Crippen LogP contribution < -0.4 is 5.32 Å². The van der Waals surface area contributed by atoms with Crippen LogP contribution in [0.15, 0.2) is 53.5 Å². The molecule has 3 aromatic rings. The second-order valence-corrected chi connectivity index (χ2v) is 5.56. The van der Waals surface area contributed by atoms with Gasteiger partial charge >= 0.3 is 0 Å². The predicted octanol–water partition coefficient (Wildman–Crippen LogP) is 2.67. The van der Waals surface area contributed by atoms with Crippen molar-refractivity contribution in [2.45, 2.75) is 25.3 Å². The highest BCUT2D eigenvalue weighted by Gasteiger charge is 2.26. The second kappa shape index (κ2) is 5.72. The first-order valence-electron chi connectivity index (χ1n) is 7.64. The van der Waals surface area contributed by atoms with Gasteiger partial charge < -0.3 is 9.73 Å². The van der Waals surface area contributed by atoms with Crippen molar-refractivity contribution in [2.24, 2.45) is 0 Å². The quantitative estimate of drug-likeness (QED) is 0.807. The van der Waals surface area contributed by atoms with Gasteiger partial charge in [-0.2, -0.15) is 5.10 Å². The Morgan fingerprint density at radius 3 is 2.96 bits per heavy atom. The summed E-state index contributed by atoms with van der Waals surface area (Å²) in [5.41, 5.74) is 3.21. The molecule has 23 heavy (non-hydrogen) atoms. The first kappa shape index (κ1) is 13.8. The van der Waals surface area contributed by atoms with Crippen LogP contribution in [0, 0.1) is 0 Å². The van der Waals surface area contributed by atoms with E-state index in [-0.39, 0.29) is 11.9 Å². The van der Waals surface area contributed by atoms with E-state index in [1.54, 1.807) is 24.5 Å². The minimum Gasteiger partial charge on any atom is -0.459 e. The highest BCUT2D eigenvalue weighted by atomic mass is 16.3. The topological polar surface area (TPSA) is 73.0 Å². The van der Waals surface area contributed by atoms with Gasteiger partial charge in [-0.15, -0.1) is 0 Å². The molecule has 1 aliphatic carbocycles. The number of furan rings is 1. The first-order valence-corrected chi connectivity index (χ1v) is 7.64. The fraction of sp³-hybridized carbons (Fsp3) is 0.235. The van der Waals surface area contributed by atoms with Crippen LogP contribution in [0.2, 0.25) is 0 Å². The zero-order valence-electron chi connectivity index (χ0n) is 12.5. The Bertz CT molecular complexity index is 809. The molecule has 0 saturated heterocycles. The molecule has 0 unspecified atom stereocenters. The fourth-order valence-electron chi connectivity index (χ4n) is 3.05. The fourth-order valence-corrected chi connectivity index (χ4v) is 3.05. The maximum Gasteiger partial charge on any atom is 0.287 e. The van der Waals surface area contributed by atoms with Gasteiger partial charge in [-0.05, 0) is 43.5 Å². The van der Waals surface area contributed by atoms with Gasteiger partial charge in [0.25, 0.3) is 5.91 Å². The summed E-state index contributed by atoms with van der Waals surface area (Å²) in [6.45, 7) is 0. The zero-order chi connectivity index (χ0) is 15.6. The SMILES string of the molecule is O=C(N[C@@H]1CCCc2c1cnn2-c1ccncc1)c1ccco1. The number of rotatable bonds is 3. The van der Waals surface area contributed by atoms with Crippen molar-refractivity contribution in [3.05, 3.63) is 66.1 Å². The number of nitrogens with one attached hydrogen (secondary N) is 1. The van der Waals surface area contributed by atoms with Crippen molar-refractivity contribution < 1.29 is 9.21 Å². The third-order valence-electron chi connectivity index (χ3n) is 4.14. The maximum absolute atomic E-state index is 12.2. The molecule has 0 saturated carbocycles. The molecular formula is C17H16N4O2. The molecule has 1 amide bonds. The van der Waals surface area contributed by atoms with Crippen LogP contribution in [0.25, 0.3) is 5.69 Å². The molecule has 1 N–H and O–H groups in total. The lowest BCUT2D eigenvalue weighted by Gasteiger charge is -2.23. The van der Waals surface area contributed by atoms with E-state index in [4.69, 9.17) is 4.42 Å². The van der Waals surface area contributed by atoms with Crippen molar-refractivity contribution in [3.8, 4) is 5.69 Å². The van der Waals surface area contributed by atoms with Crippen LogP contribution in [-0.2, 0) is 6.42 Å². The summed E-state index contributed by atoms with van der Waals surface area (Å²) in [6.07, 6.45) is 9.72. The maximum atomic E-state index is 12.2. The molecule has 3 aromatic heterocycles. The third-order valence-corrected chi connectivity index (χ3v) is 4.14. The van der Waals surface area contributed by atoms with Crippen LogP contribution in [0.3, 0.4) is 0 Å². The summed E-state index contributed by atoms with van der Waals surface area (Å²) >= 11 is 0. The minimum absolute atomic E-state index is 0.0352. The molecule has 0 bridgehead atoms. The Morgan fingerprint density at radius 1 is 1.30 bits per heavy atom. The van der Waals surface area contributed by atoms with Gasteiger partial charge in [-0.25, -0.2) is 4.68 Å². The Kier molecular flexibility index (Phi) is 3.42. The summed E-state index contributed by atoms with van der Waals surface area (Å²) in [5.74, 6) is 0.142. The van der Waals surface area contributed by atoms with Gasteiger partial charge in [0.1, 0.15) is 0 Å². The van der Waals surface area contributed by atoms with Gasteiger partial charge in [0.05, 0.1) is 24.2 Å². The van der Waals surface area contributed by atoms with E-state index in [1.807, 2.05) is 23.0 Å². The Morgan fingerprint density at radius 2 is 2.17 bits per heavy atom. The van der Waals surface area contributed by atoms with E-state index in [9.17, 15) is 4.79 Å². The van der Waals surface area contributed by atoms with Crippen LogP contribution in [0.5, 0.6) is 0 Å². The van der Waals surface area contributed by atoms with Crippen molar-refractivity contribution >= 4 is 5.91 Å². The van der Waals surface area contributed by atoms with Crippen LogP contribution in [0.4, 0.5) is 0 Å². The number of carbonyl (C=O) groups is 1. The molecule has 0 aliphatic heterocycles. The summed E-state index contributed by atoms with van der Waals surface area (Å²) in [7, 11) is 0. The van der Waals surface area contributed by atoms with E-state index >= 15 is 0 Å². The molecule has 1 aliphatic rings. The van der Waals surface area contributed by atoms with E-state index < -0.39 is 0 Å². The van der Waals surface area contributed by atoms with E-state index in [0.29, 0.717) is 5.76 Å². The number of amides is 1. The molecule has 0 aromatic carbocycles. The number of fused-ring (bicyclic) bond motifs is 1. The molecular weight excluding hydrogens is 292 g/mol. The van der Waals surface area contributed by atoms with Crippen molar-refractivity contribution in [2.75, 3.05) is 0 Å². The highest BCUT2D eigenvalue weighted by molar-refractivity contribution is 5.91. The van der Waals surface area contributed by atoms with Gasteiger partial charge in [0, 0.05) is 23.7 Å². The summed E-state index contributed by atoms with van der Waals surface area (Å²) < 4.78 is 7.09. The average Bonchev–Trinajstić information content (AvgIpc) is 3.26. The normalized spacial score (nSPS) is 16.8. The molecule has 6 nitrogen and oxygen atoms in total. The molecule has 1 atom stereocenters. The Balaban J connectivity index is 1.62. The molecule has 0 fully saturated rings. The number of carbonyl (C=O) groups excluding carboxylic acids is 1. The molecule has 4 rings (SSSR count). The number of pyridine rings is 1. The van der Waals surface area contributed by atoms with E-state index in [2.05, 4.69) is 15.4 Å². The van der Waals surface area contributed by atoms with E-state index in [0.717, 1.165) is 36.2 Å². The molecule has 0 radical (unpaired) electrons. The van der Waals surface area contributed by atoms with E-state index in [1.165, 1.54) is 6.26 Å². The molecule has 0 spiro atoms. The Hall–Kier alpha value is -2.89. The van der Waals surface area contributed by atoms with Crippen LogP contribution >= 0.6 is 0 Å². The predicted molar refractivity (Wildman–Crippen MR) is 83.2 cm³/mol. The lowest BCUT2D eigenvalue weighted by atomic mass is 9.93. The van der Waals surface area contributed by atoms with Gasteiger partial charge in [0.2, 0.25) is 0 Å². The molecule has 116 valence electrons. The van der Waals surface area contributed by atoms with Gasteiger partial charge in [-0.1, -0.05) is 0 Å². The molecule has 3 heterocycles. The van der Waals surface area contributed by atoms with Crippen molar-refractivity contribution in [1.82, 2.24) is 20.1 Å². The largest absolute Gasteiger partial charge is 0.459 e. The second-order valence-electron chi connectivity index (χ2n) is 5.56. The summed E-state index contributed by atoms with van der Waals surface area (Å²) in [6, 6.07) is 7.20. The lowest BCUT2D eigenvalue weighted by molar-refractivity contribution is 0.0904. The first-order chi connectivity index (χ1) is 11.3. The summed E-state index contributed by atoms with van der Waals surface area (Å²) in [4.78, 5) is 16.3. The van der Waals surface area contributed by atoms with Crippen LogP contribution in [0.1, 0.15) is 40.7 Å². The van der Waals surface area contributed by atoms with Crippen LogP contribution in [-0.4, -0.2) is 20.7 Å². The monoisotopic (exact) mass is 308 g/mol. The van der Waals surface area contributed by atoms with Gasteiger partial charge in [0.15, 0.2) is 5.76 Å². The minimum atomic E-state index is -0.190. The number of hydrogen-bond acceptors (Lipinski definition) is 4. The smallest absolute Gasteiger partial charge is 0.287 e. The number of hydrogen-bond donors (Lipinski definition) is 1.